The van der Waals surface area contributed by atoms with Gasteiger partial charge in [0.2, 0.25) is 0 Å². The minimum atomic E-state index is 0.107. The Labute approximate surface area is 103 Å². The van der Waals surface area contributed by atoms with Gasteiger partial charge in [0.15, 0.2) is 11.5 Å². The van der Waals surface area contributed by atoms with E-state index >= 15 is 0 Å². The second kappa shape index (κ2) is 4.22. The number of phenols is 1. The number of hydrogen-bond acceptors (Lipinski definition) is 3. The first-order valence-electron chi connectivity index (χ1n) is 6.13. The summed E-state index contributed by atoms with van der Waals surface area (Å²) in [6.07, 6.45) is 3.51. The zero-order chi connectivity index (χ0) is 12.6. The Bertz CT molecular complexity index is 431. The molecule has 0 saturated heterocycles. The molecule has 0 unspecified atom stereocenters. The molecule has 3 nitrogen and oxygen atoms in total. The number of benzene rings is 1. The van der Waals surface area contributed by atoms with Crippen LogP contribution in [0.2, 0.25) is 0 Å². The maximum Gasteiger partial charge on any atom is 0.163 e. The third-order valence-electron chi connectivity index (χ3n) is 4.17. The van der Waals surface area contributed by atoms with Crippen molar-refractivity contribution in [3.8, 4) is 11.5 Å². The van der Waals surface area contributed by atoms with Crippen molar-refractivity contribution in [3.05, 3.63) is 22.8 Å². The van der Waals surface area contributed by atoms with E-state index in [0.29, 0.717) is 12.3 Å². The molecule has 3 N–H and O–H groups in total. The molecular weight excluding hydrogens is 214 g/mol. The van der Waals surface area contributed by atoms with Gasteiger partial charge in [-0.2, -0.15) is 0 Å². The summed E-state index contributed by atoms with van der Waals surface area (Å²) >= 11 is 0. The zero-order valence-electron chi connectivity index (χ0n) is 10.8. The van der Waals surface area contributed by atoms with E-state index in [1.807, 2.05) is 13.8 Å². The van der Waals surface area contributed by atoms with Gasteiger partial charge in [-0.05, 0) is 43.4 Å². The lowest BCUT2D eigenvalue weighted by atomic mass is 9.63. The van der Waals surface area contributed by atoms with Gasteiger partial charge in [-0.25, -0.2) is 0 Å². The predicted molar refractivity (Wildman–Crippen MR) is 68.7 cm³/mol. The molecule has 1 aromatic carbocycles. The molecule has 3 heteroatoms. The van der Waals surface area contributed by atoms with E-state index in [2.05, 4.69) is 6.07 Å². The molecule has 0 spiro atoms. The van der Waals surface area contributed by atoms with Crippen molar-refractivity contribution < 1.29 is 9.84 Å². The van der Waals surface area contributed by atoms with Crippen LogP contribution in [-0.4, -0.2) is 18.8 Å². The summed E-state index contributed by atoms with van der Waals surface area (Å²) < 4.78 is 5.31. The highest BCUT2D eigenvalue weighted by Crippen LogP contribution is 2.48. The largest absolute Gasteiger partial charge is 0.504 e. The van der Waals surface area contributed by atoms with Crippen LogP contribution in [-0.2, 0) is 5.41 Å². The molecule has 2 rings (SSSR count). The van der Waals surface area contributed by atoms with Crippen LogP contribution in [0.4, 0.5) is 0 Å². The number of methoxy groups -OCH3 is 1. The van der Waals surface area contributed by atoms with E-state index in [4.69, 9.17) is 10.5 Å². The van der Waals surface area contributed by atoms with Crippen LogP contribution in [0.3, 0.4) is 0 Å². The van der Waals surface area contributed by atoms with Gasteiger partial charge < -0.3 is 15.6 Å². The Morgan fingerprint density at radius 3 is 2.47 bits per heavy atom. The van der Waals surface area contributed by atoms with Crippen LogP contribution in [0.25, 0.3) is 0 Å². The Morgan fingerprint density at radius 1 is 1.41 bits per heavy atom. The minimum Gasteiger partial charge on any atom is -0.504 e. The molecule has 1 aromatic rings. The molecule has 0 atom stereocenters. The summed E-state index contributed by atoms with van der Waals surface area (Å²) in [5.41, 5.74) is 9.19. The van der Waals surface area contributed by atoms with Crippen molar-refractivity contribution >= 4 is 0 Å². The Kier molecular flexibility index (Phi) is 3.04. The SMILES string of the molecule is COc1c(C)c(C2(CN)CCC2)cc(C)c1O. The normalized spacial score (nSPS) is 17.6. The molecule has 0 heterocycles. The predicted octanol–water partition coefficient (Wildman–Crippen LogP) is 2.40. The molecule has 1 aliphatic carbocycles. The molecule has 1 fully saturated rings. The molecular formula is C14H21NO2. The van der Waals surface area contributed by atoms with Crippen molar-refractivity contribution in [2.24, 2.45) is 5.73 Å². The number of phenolic OH excluding ortho intramolecular Hbond substituents is 1. The number of hydrogen-bond donors (Lipinski definition) is 2. The quantitative estimate of drug-likeness (QED) is 0.845. The topological polar surface area (TPSA) is 55.5 Å². The maximum atomic E-state index is 9.98. The van der Waals surface area contributed by atoms with Gasteiger partial charge in [-0.15, -0.1) is 0 Å². The number of nitrogens with two attached hydrogens (primary N) is 1. The fourth-order valence-electron chi connectivity index (χ4n) is 2.86. The van der Waals surface area contributed by atoms with Crippen molar-refractivity contribution in [1.29, 1.82) is 0 Å². The van der Waals surface area contributed by atoms with Gasteiger partial charge in [-0.3, -0.25) is 0 Å². The number of ether oxygens (including phenoxy) is 1. The van der Waals surface area contributed by atoms with Crippen molar-refractivity contribution in [2.45, 2.75) is 38.5 Å². The number of aromatic hydroxyl groups is 1. The summed E-state index contributed by atoms with van der Waals surface area (Å²) in [6.45, 7) is 4.58. The van der Waals surface area contributed by atoms with Gasteiger partial charge >= 0.3 is 0 Å². The monoisotopic (exact) mass is 235 g/mol. The molecule has 0 bridgehead atoms. The third kappa shape index (κ3) is 1.69. The molecule has 0 aliphatic heterocycles. The molecule has 1 aliphatic rings. The second-order valence-corrected chi connectivity index (χ2v) is 5.09. The van der Waals surface area contributed by atoms with Crippen molar-refractivity contribution in [2.75, 3.05) is 13.7 Å². The molecule has 0 aromatic heterocycles. The Morgan fingerprint density at radius 2 is 2.06 bits per heavy atom. The molecule has 17 heavy (non-hydrogen) atoms. The Balaban J connectivity index is 2.58. The lowest BCUT2D eigenvalue weighted by Crippen LogP contribution is -2.42. The van der Waals surface area contributed by atoms with E-state index in [9.17, 15) is 5.11 Å². The maximum absolute atomic E-state index is 9.98. The van der Waals surface area contributed by atoms with Gasteiger partial charge in [0.1, 0.15) is 0 Å². The summed E-state index contributed by atoms with van der Waals surface area (Å²) in [4.78, 5) is 0. The molecule has 0 amide bonds. The summed E-state index contributed by atoms with van der Waals surface area (Å²) in [5.74, 6) is 0.847. The fraction of sp³-hybridized carbons (Fsp3) is 0.571. The van der Waals surface area contributed by atoms with Crippen LogP contribution in [0.15, 0.2) is 6.07 Å². The van der Waals surface area contributed by atoms with Crippen LogP contribution in [0.1, 0.15) is 36.0 Å². The van der Waals surface area contributed by atoms with E-state index in [-0.39, 0.29) is 11.2 Å². The van der Waals surface area contributed by atoms with Gasteiger partial charge in [-0.1, -0.05) is 12.5 Å². The Hall–Kier alpha value is -1.22. The molecule has 1 saturated carbocycles. The van der Waals surface area contributed by atoms with Gasteiger partial charge in [0, 0.05) is 12.0 Å². The van der Waals surface area contributed by atoms with Crippen LogP contribution < -0.4 is 10.5 Å². The highest BCUT2D eigenvalue weighted by Gasteiger charge is 2.39. The van der Waals surface area contributed by atoms with Crippen LogP contribution in [0.5, 0.6) is 11.5 Å². The first-order valence-corrected chi connectivity index (χ1v) is 6.13. The van der Waals surface area contributed by atoms with Gasteiger partial charge in [0.25, 0.3) is 0 Å². The minimum absolute atomic E-state index is 0.107. The van der Waals surface area contributed by atoms with E-state index in [1.54, 1.807) is 7.11 Å². The molecule has 94 valence electrons. The number of rotatable bonds is 3. The van der Waals surface area contributed by atoms with Gasteiger partial charge in [0.05, 0.1) is 7.11 Å². The lowest BCUT2D eigenvalue weighted by molar-refractivity contribution is 0.250. The highest BCUT2D eigenvalue weighted by molar-refractivity contribution is 5.56. The van der Waals surface area contributed by atoms with Crippen LogP contribution >= 0.6 is 0 Å². The van der Waals surface area contributed by atoms with Crippen molar-refractivity contribution in [1.82, 2.24) is 0 Å². The molecule has 0 radical (unpaired) electrons. The van der Waals surface area contributed by atoms with Crippen LogP contribution in [0, 0.1) is 13.8 Å². The average Bonchev–Trinajstić information content (AvgIpc) is 2.25. The summed E-state index contributed by atoms with van der Waals surface area (Å²) in [7, 11) is 1.60. The smallest absolute Gasteiger partial charge is 0.163 e. The fourth-order valence-corrected chi connectivity index (χ4v) is 2.86. The zero-order valence-corrected chi connectivity index (χ0v) is 10.8. The van der Waals surface area contributed by atoms with E-state index < -0.39 is 0 Å². The summed E-state index contributed by atoms with van der Waals surface area (Å²) in [6, 6.07) is 2.07. The van der Waals surface area contributed by atoms with E-state index in [1.165, 1.54) is 12.0 Å². The average molecular weight is 235 g/mol. The first-order chi connectivity index (χ1) is 8.05. The summed E-state index contributed by atoms with van der Waals surface area (Å²) in [5, 5.41) is 9.98. The standard InChI is InChI=1S/C14H21NO2/c1-9-7-11(14(8-15)5-4-6-14)10(2)13(17-3)12(9)16/h7,16H,4-6,8,15H2,1-3H3. The highest BCUT2D eigenvalue weighted by atomic mass is 16.5. The second-order valence-electron chi connectivity index (χ2n) is 5.09. The first kappa shape index (κ1) is 12.2. The third-order valence-corrected chi connectivity index (χ3v) is 4.17. The lowest BCUT2D eigenvalue weighted by Gasteiger charge is -2.43. The number of aryl methyl sites for hydroxylation is 1. The van der Waals surface area contributed by atoms with E-state index in [0.717, 1.165) is 24.0 Å². The van der Waals surface area contributed by atoms with Crippen molar-refractivity contribution in [3.63, 3.8) is 0 Å².